The van der Waals surface area contributed by atoms with Gasteiger partial charge in [-0.25, -0.2) is 0 Å². The topological polar surface area (TPSA) is 96.2 Å². The number of carbonyl (C=O) groups excluding carboxylic acids is 1. The van der Waals surface area contributed by atoms with Crippen LogP contribution in [0, 0.1) is 0 Å². The van der Waals surface area contributed by atoms with Crippen LogP contribution in [0.5, 0.6) is 0 Å². The Morgan fingerprint density at radius 2 is 2.29 bits per heavy atom. The van der Waals surface area contributed by atoms with Gasteiger partial charge in [-0.05, 0) is 0 Å². The van der Waals surface area contributed by atoms with Gasteiger partial charge >= 0.3 is 5.97 Å². The van der Waals surface area contributed by atoms with E-state index in [4.69, 9.17) is 14.6 Å². The van der Waals surface area contributed by atoms with Crippen molar-refractivity contribution in [3.05, 3.63) is 0 Å². The van der Waals surface area contributed by atoms with E-state index in [-0.39, 0.29) is 6.42 Å². The van der Waals surface area contributed by atoms with E-state index in [9.17, 15) is 15.0 Å². The lowest BCUT2D eigenvalue weighted by Gasteiger charge is -2.20. The van der Waals surface area contributed by atoms with Crippen molar-refractivity contribution >= 4 is 5.97 Å². The Morgan fingerprint density at radius 3 is 2.86 bits per heavy atom. The highest BCUT2D eigenvalue weighted by Crippen LogP contribution is 2.32. The molecule has 2 aliphatic rings. The van der Waals surface area contributed by atoms with Crippen LogP contribution in [0.3, 0.4) is 0 Å². The molecule has 6 heteroatoms. The van der Waals surface area contributed by atoms with Gasteiger partial charge in [0.2, 0.25) is 0 Å². The van der Waals surface area contributed by atoms with Crippen molar-refractivity contribution in [2.24, 2.45) is 0 Å². The molecule has 0 radical (unpaired) electrons. The molecule has 0 bridgehead atoms. The van der Waals surface area contributed by atoms with Crippen LogP contribution < -0.4 is 0 Å². The van der Waals surface area contributed by atoms with Crippen molar-refractivity contribution in [1.82, 2.24) is 0 Å². The summed E-state index contributed by atoms with van der Waals surface area (Å²) in [5, 5.41) is 27.6. The van der Waals surface area contributed by atoms with Crippen molar-refractivity contribution in [2.45, 2.75) is 36.9 Å². The van der Waals surface area contributed by atoms with Gasteiger partial charge in [-0.2, -0.15) is 0 Å². The minimum Gasteiger partial charge on any atom is -0.457 e. The summed E-state index contributed by atoms with van der Waals surface area (Å²) in [4.78, 5) is 10.8. The highest BCUT2D eigenvalue weighted by Gasteiger charge is 2.52. The van der Waals surface area contributed by atoms with Crippen LogP contribution in [0.15, 0.2) is 0 Å². The quantitative estimate of drug-likeness (QED) is 0.441. The Hall–Kier alpha value is -0.690. The molecule has 0 saturated carbocycles. The smallest absolute Gasteiger partial charge is 0.309 e. The summed E-state index contributed by atoms with van der Waals surface area (Å²) in [5.74, 6) is -0.406. The van der Waals surface area contributed by atoms with Gasteiger partial charge in [0.05, 0.1) is 13.0 Å². The van der Waals surface area contributed by atoms with Gasteiger partial charge in [0.15, 0.2) is 6.10 Å². The fourth-order valence-corrected chi connectivity index (χ4v) is 1.86. The molecule has 0 unspecified atom stereocenters. The van der Waals surface area contributed by atoms with Crippen molar-refractivity contribution in [3.8, 4) is 0 Å². The Bertz CT molecular complexity index is 242. The lowest BCUT2D eigenvalue weighted by atomic mass is 10.0. The second kappa shape index (κ2) is 3.47. The van der Waals surface area contributed by atoms with E-state index >= 15 is 0 Å². The highest BCUT2D eigenvalue weighted by molar-refractivity contribution is 5.73. The van der Waals surface area contributed by atoms with Crippen LogP contribution in [-0.4, -0.2) is 58.4 Å². The molecule has 2 fully saturated rings. The van der Waals surface area contributed by atoms with Crippen molar-refractivity contribution in [1.29, 1.82) is 0 Å². The van der Waals surface area contributed by atoms with Crippen LogP contribution in [0.1, 0.15) is 6.42 Å². The minimum atomic E-state index is -1.14. The number of ether oxygens (including phenoxy) is 2. The Kier molecular flexibility index (Phi) is 2.44. The number of carbonyl (C=O) groups is 1. The van der Waals surface area contributed by atoms with E-state index in [1.54, 1.807) is 0 Å². The summed E-state index contributed by atoms with van der Waals surface area (Å²) in [6.07, 6.45) is -4.18. The third kappa shape index (κ3) is 1.40. The Balaban J connectivity index is 2.05. The van der Waals surface area contributed by atoms with Gasteiger partial charge in [-0.3, -0.25) is 4.79 Å². The number of aliphatic hydroxyl groups is 3. The summed E-state index contributed by atoms with van der Waals surface area (Å²) in [7, 11) is 0. The van der Waals surface area contributed by atoms with Gasteiger partial charge in [-0.15, -0.1) is 0 Å². The van der Waals surface area contributed by atoms with Gasteiger partial charge < -0.3 is 24.8 Å². The normalized spacial score (nSPS) is 43.5. The molecule has 0 amide bonds. The summed E-state index contributed by atoms with van der Waals surface area (Å²) in [6.45, 7) is -0.491. The molecule has 2 aliphatic heterocycles. The van der Waals surface area contributed by atoms with Gasteiger partial charge in [0.1, 0.15) is 24.4 Å². The highest BCUT2D eigenvalue weighted by atomic mass is 16.6. The maximum absolute atomic E-state index is 10.8. The zero-order valence-corrected chi connectivity index (χ0v) is 7.37. The molecule has 0 spiro atoms. The second-order valence-electron chi connectivity index (χ2n) is 3.54. The summed E-state index contributed by atoms with van der Waals surface area (Å²) in [6, 6.07) is 0. The predicted molar refractivity (Wildman–Crippen MR) is 42.3 cm³/mol. The monoisotopic (exact) mass is 204 g/mol. The van der Waals surface area contributed by atoms with E-state index in [1.807, 2.05) is 0 Å². The first-order valence-corrected chi connectivity index (χ1v) is 4.45. The maximum atomic E-state index is 10.8. The molecule has 2 heterocycles. The maximum Gasteiger partial charge on any atom is 0.309 e. The van der Waals surface area contributed by atoms with E-state index in [0.717, 1.165) is 0 Å². The van der Waals surface area contributed by atoms with Gasteiger partial charge in [0.25, 0.3) is 0 Å². The molecular formula is C8H12O6. The lowest BCUT2D eigenvalue weighted by molar-refractivity contribution is -0.147. The van der Waals surface area contributed by atoms with Crippen LogP contribution in [0.2, 0.25) is 0 Å². The van der Waals surface area contributed by atoms with E-state index < -0.39 is 43.1 Å². The predicted octanol–water partition coefficient (Wildman–Crippen LogP) is -2.22. The number of fused-ring (bicyclic) bond motifs is 1. The van der Waals surface area contributed by atoms with E-state index in [0.29, 0.717) is 0 Å². The number of hydrogen-bond donors (Lipinski definition) is 3. The summed E-state index contributed by atoms with van der Waals surface area (Å²) in [5.41, 5.74) is 0. The first kappa shape index (κ1) is 9.85. The fourth-order valence-electron chi connectivity index (χ4n) is 1.86. The van der Waals surface area contributed by atoms with Crippen LogP contribution >= 0.6 is 0 Å². The molecule has 14 heavy (non-hydrogen) atoms. The second-order valence-corrected chi connectivity index (χ2v) is 3.54. The Morgan fingerprint density at radius 1 is 1.57 bits per heavy atom. The average molecular weight is 204 g/mol. The molecule has 80 valence electrons. The molecule has 0 aromatic heterocycles. The molecule has 5 atom stereocenters. The third-order valence-corrected chi connectivity index (χ3v) is 2.57. The van der Waals surface area contributed by atoms with Gasteiger partial charge in [-0.1, -0.05) is 0 Å². The first-order chi connectivity index (χ1) is 6.63. The van der Waals surface area contributed by atoms with Crippen molar-refractivity contribution in [3.63, 3.8) is 0 Å². The van der Waals surface area contributed by atoms with Crippen LogP contribution in [0.25, 0.3) is 0 Å². The largest absolute Gasteiger partial charge is 0.457 e. The molecule has 0 aromatic rings. The van der Waals surface area contributed by atoms with E-state index in [1.165, 1.54) is 0 Å². The standard InChI is InChI=1S/C8H12O6/c9-2-3(10)7-6(12)8-4(13-7)1-5(11)14-8/h3-4,6-10,12H,1-2H2/t3-,4-,6-,7+,8+/m1/s1. The van der Waals surface area contributed by atoms with Crippen molar-refractivity contribution < 1.29 is 29.6 Å². The number of esters is 1. The molecule has 6 nitrogen and oxygen atoms in total. The SMILES string of the molecule is O=C1C[C@H]2O[C@@H]([C@H](O)CO)[C@@H](O)[C@H]2O1. The number of rotatable bonds is 2. The van der Waals surface area contributed by atoms with Gasteiger partial charge in [0, 0.05) is 0 Å². The average Bonchev–Trinajstić information content (AvgIpc) is 2.64. The zero-order chi connectivity index (χ0) is 10.3. The van der Waals surface area contributed by atoms with Crippen LogP contribution in [0.4, 0.5) is 0 Å². The lowest BCUT2D eigenvalue weighted by Crippen LogP contribution is -2.41. The summed E-state index contributed by atoms with van der Waals surface area (Å²) >= 11 is 0. The zero-order valence-electron chi connectivity index (χ0n) is 7.37. The fraction of sp³-hybridized carbons (Fsp3) is 0.875. The number of aliphatic hydroxyl groups excluding tert-OH is 3. The summed E-state index contributed by atoms with van der Waals surface area (Å²) < 4.78 is 10.0. The molecule has 2 rings (SSSR count). The Labute approximate surface area is 80.1 Å². The first-order valence-electron chi connectivity index (χ1n) is 4.45. The van der Waals surface area contributed by atoms with Crippen LogP contribution in [-0.2, 0) is 14.3 Å². The molecular weight excluding hydrogens is 192 g/mol. The third-order valence-electron chi connectivity index (χ3n) is 2.57. The van der Waals surface area contributed by atoms with Crippen molar-refractivity contribution in [2.75, 3.05) is 6.61 Å². The molecule has 3 N–H and O–H groups in total. The number of hydrogen-bond acceptors (Lipinski definition) is 6. The molecule has 0 aromatic carbocycles. The minimum absolute atomic E-state index is 0.0936. The van der Waals surface area contributed by atoms with E-state index in [2.05, 4.69) is 0 Å². The molecule has 2 saturated heterocycles. The molecule has 0 aliphatic carbocycles.